The molecule has 8 nitrogen and oxygen atoms in total. The number of para-hydroxylation sites is 2. The second kappa shape index (κ2) is 8.17. The van der Waals surface area contributed by atoms with Gasteiger partial charge >= 0.3 is 0 Å². The summed E-state index contributed by atoms with van der Waals surface area (Å²) in [5, 5.41) is 0. The molecular formula is C21H24N4O4S. The second-order valence-electron chi connectivity index (χ2n) is 7.35. The van der Waals surface area contributed by atoms with Crippen LogP contribution in [0.5, 0.6) is 0 Å². The molecule has 1 saturated heterocycles. The Hall–Kier alpha value is -2.75. The van der Waals surface area contributed by atoms with E-state index < -0.39 is 10.0 Å². The number of hydrogen-bond donors (Lipinski definition) is 1. The third-order valence-corrected chi connectivity index (χ3v) is 7.19. The van der Waals surface area contributed by atoms with Gasteiger partial charge in [0.05, 0.1) is 23.0 Å². The van der Waals surface area contributed by atoms with Gasteiger partial charge in [-0.2, -0.15) is 0 Å². The molecule has 9 heteroatoms. The van der Waals surface area contributed by atoms with E-state index in [1.165, 1.54) is 26.3 Å². The molecule has 158 valence electrons. The van der Waals surface area contributed by atoms with Crippen LogP contribution in [0.3, 0.4) is 0 Å². The first-order valence-corrected chi connectivity index (χ1v) is 11.2. The molecular weight excluding hydrogens is 404 g/mol. The number of aromatic nitrogens is 2. The number of benzene rings is 2. The third-order valence-electron chi connectivity index (χ3n) is 5.50. The zero-order valence-electron chi connectivity index (χ0n) is 16.9. The van der Waals surface area contributed by atoms with Gasteiger partial charge in [-0.15, -0.1) is 0 Å². The van der Waals surface area contributed by atoms with E-state index in [2.05, 4.69) is 9.97 Å². The molecule has 1 aliphatic rings. The molecule has 2 aromatic carbocycles. The molecule has 1 fully saturated rings. The normalized spacial score (nSPS) is 17.6. The Morgan fingerprint density at radius 3 is 2.63 bits per heavy atom. The number of likely N-dealkylation sites (tertiary alicyclic amines) is 1. The van der Waals surface area contributed by atoms with Crippen LogP contribution in [0, 0.1) is 0 Å². The number of fused-ring (bicyclic) bond motifs is 1. The van der Waals surface area contributed by atoms with Gasteiger partial charge in [-0.05, 0) is 49.2 Å². The zero-order chi connectivity index (χ0) is 21.3. The van der Waals surface area contributed by atoms with Crippen molar-refractivity contribution in [3.8, 4) is 0 Å². The van der Waals surface area contributed by atoms with Gasteiger partial charge in [0.2, 0.25) is 0 Å². The predicted octanol–water partition coefficient (Wildman–Crippen LogP) is 2.76. The van der Waals surface area contributed by atoms with Crippen molar-refractivity contribution in [1.82, 2.24) is 19.3 Å². The Morgan fingerprint density at radius 1 is 1.20 bits per heavy atom. The fourth-order valence-corrected chi connectivity index (χ4v) is 4.72. The highest BCUT2D eigenvalue weighted by molar-refractivity contribution is 7.89. The van der Waals surface area contributed by atoms with E-state index in [0.29, 0.717) is 18.7 Å². The Labute approximate surface area is 175 Å². The van der Waals surface area contributed by atoms with Crippen molar-refractivity contribution in [1.29, 1.82) is 0 Å². The average Bonchev–Trinajstić information content (AvgIpc) is 3.22. The van der Waals surface area contributed by atoms with E-state index in [0.717, 1.165) is 34.2 Å². The Bertz CT molecular complexity index is 1120. The standard InChI is InChI=1S/C21H24N4O4S/c1-24(29-2)30(27,28)17-11-9-15(10-12-17)21(26)25-13-5-6-16(14-25)20-22-18-7-3-4-8-19(18)23-20/h3-4,7-12,16H,5-6,13-14H2,1-2H3,(H,22,23). The molecule has 30 heavy (non-hydrogen) atoms. The molecule has 0 aliphatic carbocycles. The first-order valence-electron chi connectivity index (χ1n) is 9.77. The Morgan fingerprint density at radius 2 is 1.93 bits per heavy atom. The van der Waals surface area contributed by atoms with Gasteiger partial charge in [-0.25, -0.2) is 13.4 Å². The lowest BCUT2D eigenvalue weighted by Gasteiger charge is -2.32. The molecule has 2 heterocycles. The van der Waals surface area contributed by atoms with Crippen LogP contribution in [0.15, 0.2) is 53.4 Å². The molecule has 3 aromatic rings. The maximum atomic E-state index is 13.0. The van der Waals surface area contributed by atoms with E-state index in [4.69, 9.17) is 4.84 Å². The van der Waals surface area contributed by atoms with Crippen LogP contribution in [-0.2, 0) is 14.9 Å². The van der Waals surface area contributed by atoms with Gasteiger partial charge in [0, 0.05) is 31.6 Å². The smallest absolute Gasteiger partial charge is 0.264 e. The minimum Gasteiger partial charge on any atom is -0.342 e. The number of hydroxylamine groups is 1. The largest absolute Gasteiger partial charge is 0.342 e. The van der Waals surface area contributed by atoms with Gasteiger partial charge < -0.3 is 9.88 Å². The summed E-state index contributed by atoms with van der Waals surface area (Å²) in [5.74, 6) is 0.933. The highest BCUT2D eigenvalue weighted by Gasteiger charge is 2.28. The number of rotatable bonds is 5. The van der Waals surface area contributed by atoms with Crippen molar-refractivity contribution in [3.63, 3.8) is 0 Å². The van der Waals surface area contributed by atoms with E-state index in [1.54, 1.807) is 12.1 Å². The van der Waals surface area contributed by atoms with Crippen molar-refractivity contribution < 1.29 is 18.0 Å². The molecule has 0 saturated carbocycles. The van der Waals surface area contributed by atoms with Gasteiger partial charge in [0.25, 0.3) is 15.9 Å². The van der Waals surface area contributed by atoms with Gasteiger partial charge in [0.1, 0.15) is 5.82 Å². The van der Waals surface area contributed by atoms with Crippen LogP contribution < -0.4 is 0 Å². The SMILES string of the molecule is CON(C)S(=O)(=O)c1ccc(C(=O)N2CCCC(c3nc4ccccc4[nH]3)C2)cc1. The molecule has 1 amide bonds. The molecule has 1 aliphatic heterocycles. The van der Waals surface area contributed by atoms with E-state index in [9.17, 15) is 13.2 Å². The minimum absolute atomic E-state index is 0.0715. The van der Waals surface area contributed by atoms with Crippen LogP contribution in [-0.4, -0.2) is 60.9 Å². The topological polar surface area (TPSA) is 95.6 Å². The van der Waals surface area contributed by atoms with Crippen molar-refractivity contribution >= 4 is 27.0 Å². The van der Waals surface area contributed by atoms with Crippen LogP contribution in [0.2, 0.25) is 0 Å². The quantitative estimate of drug-likeness (QED) is 0.631. The molecule has 1 atom stereocenters. The lowest BCUT2D eigenvalue weighted by atomic mass is 9.96. The molecule has 0 spiro atoms. The van der Waals surface area contributed by atoms with Gasteiger partial charge in [-0.1, -0.05) is 16.6 Å². The summed E-state index contributed by atoms with van der Waals surface area (Å²) in [6, 6.07) is 13.8. The Kier molecular flexibility index (Phi) is 5.59. The maximum Gasteiger partial charge on any atom is 0.264 e. The lowest BCUT2D eigenvalue weighted by Crippen LogP contribution is -2.39. The van der Waals surface area contributed by atoms with Crippen LogP contribution in [0.4, 0.5) is 0 Å². The summed E-state index contributed by atoms with van der Waals surface area (Å²) in [6.45, 7) is 1.24. The fourth-order valence-electron chi connectivity index (χ4n) is 3.75. The highest BCUT2D eigenvalue weighted by Crippen LogP contribution is 2.28. The number of carbonyl (C=O) groups excluding carboxylic acids is 1. The number of nitrogens with zero attached hydrogens (tertiary/aromatic N) is 3. The first kappa shape index (κ1) is 20.5. The predicted molar refractivity (Wildman–Crippen MR) is 112 cm³/mol. The number of nitrogens with one attached hydrogen (secondary N) is 1. The number of amides is 1. The monoisotopic (exact) mass is 428 g/mol. The lowest BCUT2D eigenvalue weighted by molar-refractivity contribution is -0.0258. The zero-order valence-corrected chi connectivity index (χ0v) is 17.7. The van der Waals surface area contributed by atoms with E-state index in [1.807, 2.05) is 29.2 Å². The van der Waals surface area contributed by atoms with Gasteiger partial charge in [0.15, 0.2) is 0 Å². The van der Waals surface area contributed by atoms with Crippen LogP contribution in [0.1, 0.15) is 34.9 Å². The van der Waals surface area contributed by atoms with Crippen molar-refractivity contribution in [3.05, 3.63) is 59.9 Å². The summed E-state index contributed by atoms with van der Waals surface area (Å²) < 4.78 is 25.4. The molecule has 1 unspecified atom stereocenters. The van der Waals surface area contributed by atoms with E-state index >= 15 is 0 Å². The Balaban J connectivity index is 1.50. The van der Waals surface area contributed by atoms with Gasteiger partial charge in [-0.3, -0.25) is 9.63 Å². The van der Waals surface area contributed by atoms with Crippen molar-refractivity contribution in [2.45, 2.75) is 23.7 Å². The third kappa shape index (κ3) is 3.83. The number of carbonyl (C=O) groups is 1. The van der Waals surface area contributed by atoms with E-state index in [-0.39, 0.29) is 16.7 Å². The molecule has 4 rings (SSSR count). The summed E-state index contributed by atoms with van der Waals surface area (Å²) in [5.41, 5.74) is 2.38. The average molecular weight is 429 g/mol. The van der Waals surface area contributed by atoms with Crippen molar-refractivity contribution in [2.75, 3.05) is 27.2 Å². The molecule has 1 N–H and O–H groups in total. The minimum atomic E-state index is -3.74. The summed E-state index contributed by atoms with van der Waals surface area (Å²) in [4.78, 5) is 27.7. The number of imidazole rings is 1. The summed E-state index contributed by atoms with van der Waals surface area (Å²) in [7, 11) is -1.14. The first-order chi connectivity index (χ1) is 14.4. The van der Waals surface area contributed by atoms with Crippen LogP contribution >= 0.6 is 0 Å². The number of hydrogen-bond acceptors (Lipinski definition) is 5. The molecule has 0 radical (unpaired) electrons. The summed E-state index contributed by atoms with van der Waals surface area (Å²) >= 11 is 0. The maximum absolute atomic E-state index is 13.0. The second-order valence-corrected chi connectivity index (χ2v) is 9.29. The fraction of sp³-hybridized carbons (Fsp3) is 0.333. The molecule has 0 bridgehead atoms. The number of sulfonamides is 1. The van der Waals surface area contributed by atoms with Crippen LogP contribution in [0.25, 0.3) is 11.0 Å². The number of piperidine rings is 1. The molecule has 1 aromatic heterocycles. The highest BCUT2D eigenvalue weighted by atomic mass is 32.2. The summed E-state index contributed by atoms with van der Waals surface area (Å²) in [6.07, 6.45) is 1.85. The number of aromatic amines is 1. The van der Waals surface area contributed by atoms with Crippen molar-refractivity contribution in [2.24, 2.45) is 0 Å². The number of H-pyrrole nitrogens is 1.